The number of anilines is 1. The van der Waals surface area contributed by atoms with Gasteiger partial charge in [-0.15, -0.1) is 0 Å². The second-order valence-electron chi connectivity index (χ2n) is 9.04. The maximum Gasteiger partial charge on any atom is 0.228 e. The van der Waals surface area contributed by atoms with E-state index in [4.69, 9.17) is 0 Å². The molecule has 0 radical (unpaired) electrons. The molecule has 0 spiro atoms. The van der Waals surface area contributed by atoms with Crippen LogP contribution in [0.5, 0.6) is 0 Å². The molecule has 1 N–H and O–H groups in total. The largest absolute Gasteiger partial charge is 0.352 e. The molecule has 2 saturated heterocycles. The summed E-state index contributed by atoms with van der Waals surface area (Å²) in [7, 11) is 0. The SMILES string of the molecule is Cc1ccc(CNC(=O)C2CCN(C(=O)C3CC(=O)N(c4ccc(C)cc4)C3)CC2)cc1. The van der Waals surface area contributed by atoms with Gasteiger partial charge in [0, 0.05) is 44.2 Å². The molecule has 4 rings (SSSR count). The van der Waals surface area contributed by atoms with Crippen molar-refractivity contribution in [1.82, 2.24) is 10.2 Å². The zero-order chi connectivity index (χ0) is 22.7. The molecule has 2 aliphatic heterocycles. The number of carbonyl (C=O) groups excluding carboxylic acids is 3. The summed E-state index contributed by atoms with van der Waals surface area (Å²) in [6.45, 7) is 6.13. The molecule has 168 valence electrons. The monoisotopic (exact) mass is 433 g/mol. The van der Waals surface area contributed by atoms with E-state index >= 15 is 0 Å². The first-order chi connectivity index (χ1) is 15.4. The van der Waals surface area contributed by atoms with Crippen molar-refractivity contribution in [1.29, 1.82) is 0 Å². The van der Waals surface area contributed by atoms with Crippen molar-refractivity contribution in [2.75, 3.05) is 24.5 Å². The van der Waals surface area contributed by atoms with Crippen LogP contribution in [-0.4, -0.2) is 42.3 Å². The average Bonchev–Trinajstić information content (AvgIpc) is 3.20. The molecular weight excluding hydrogens is 402 g/mol. The Morgan fingerprint density at radius 3 is 2.12 bits per heavy atom. The Bertz CT molecular complexity index is 976. The van der Waals surface area contributed by atoms with E-state index in [1.165, 1.54) is 5.56 Å². The third-order valence-electron chi connectivity index (χ3n) is 6.58. The van der Waals surface area contributed by atoms with Gasteiger partial charge < -0.3 is 15.1 Å². The highest BCUT2D eigenvalue weighted by molar-refractivity contribution is 6.00. The van der Waals surface area contributed by atoms with Crippen LogP contribution in [0.15, 0.2) is 48.5 Å². The third kappa shape index (κ3) is 5.01. The number of nitrogens with zero attached hydrogens (tertiary/aromatic N) is 2. The summed E-state index contributed by atoms with van der Waals surface area (Å²) in [5, 5.41) is 3.03. The fraction of sp³-hybridized carbons (Fsp3) is 0.423. The lowest BCUT2D eigenvalue weighted by Gasteiger charge is -2.33. The highest BCUT2D eigenvalue weighted by atomic mass is 16.2. The van der Waals surface area contributed by atoms with E-state index in [1.807, 2.05) is 67.3 Å². The molecule has 6 nitrogen and oxygen atoms in total. The van der Waals surface area contributed by atoms with Crippen LogP contribution in [0.25, 0.3) is 0 Å². The molecule has 0 aromatic heterocycles. The second kappa shape index (κ2) is 9.55. The van der Waals surface area contributed by atoms with E-state index < -0.39 is 0 Å². The molecule has 1 atom stereocenters. The minimum absolute atomic E-state index is 0.00225. The van der Waals surface area contributed by atoms with Crippen molar-refractivity contribution < 1.29 is 14.4 Å². The van der Waals surface area contributed by atoms with Gasteiger partial charge in [0.2, 0.25) is 17.7 Å². The number of likely N-dealkylation sites (tertiary alicyclic amines) is 1. The van der Waals surface area contributed by atoms with Crippen molar-refractivity contribution in [3.05, 3.63) is 65.2 Å². The average molecular weight is 434 g/mol. The Morgan fingerprint density at radius 1 is 0.906 bits per heavy atom. The van der Waals surface area contributed by atoms with Gasteiger partial charge in [-0.3, -0.25) is 14.4 Å². The molecule has 2 heterocycles. The van der Waals surface area contributed by atoms with Gasteiger partial charge in [-0.05, 0) is 44.4 Å². The molecule has 3 amide bonds. The number of carbonyl (C=O) groups is 3. The molecule has 2 aromatic rings. The van der Waals surface area contributed by atoms with Crippen LogP contribution < -0.4 is 10.2 Å². The van der Waals surface area contributed by atoms with Crippen LogP contribution in [0.3, 0.4) is 0 Å². The number of piperidine rings is 1. The van der Waals surface area contributed by atoms with Crippen LogP contribution in [0, 0.1) is 25.7 Å². The Balaban J connectivity index is 1.26. The van der Waals surface area contributed by atoms with Crippen molar-refractivity contribution in [3.63, 3.8) is 0 Å². The van der Waals surface area contributed by atoms with Crippen LogP contribution in [-0.2, 0) is 20.9 Å². The van der Waals surface area contributed by atoms with Crippen molar-refractivity contribution >= 4 is 23.4 Å². The molecule has 1 unspecified atom stereocenters. The maximum atomic E-state index is 13.0. The summed E-state index contributed by atoms with van der Waals surface area (Å²) in [5.74, 6) is -0.294. The van der Waals surface area contributed by atoms with Gasteiger partial charge in [-0.25, -0.2) is 0 Å². The molecule has 6 heteroatoms. The number of hydrogen-bond donors (Lipinski definition) is 1. The standard InChI is InChI=1S/C26H31N3O3/c1-18-3-7-20(8-4-18)16-27-25(31)21-11-13-28(14-12-21)26(32)22-15-24(30)29(17-22)23-9-5-19(2)6-10-23/h3-10,21-22H,11-17H2,1-2H3,(H,27,31). The lowest BCUT2D eigenvalue weighted by molar-refractivity contribution is -0.139. The smallest absolute Gasteiger partial charge is 0.228 e. The van der Waals surface area contributed by atoms with Gasteiger partial charge in [-0.2, -0.15) is 0 Å². The van der Waals surface area contributed by atoms with Crippen LogP contribution >= 0.6 is 0 Å². The van der Waals surface area contributed by atoms with E-state index in [0.29, 0.717) is 39.0 Å². The Labute approximate surface area is 189 Å². The van der Waals surface area contributed by atoms with Crippen LogP contribution in [0.1, 0.15) is 36.0 Å². The third-order valence-corrected chi connectivity index (χ3v) is 6.58. The first-order valence-corrected chi connectivity index (χ1v) is 11.4. The molecule has 2 aromatic carbocycles. The highest BCUT2D eigenvalue weighted by Crippen LogP contribution is 2.28. The minimum Gasteiger partial charge on any atom is -0.352 e. The number of amides is 3. The summed E-state index contributed by atoms with van der Waals surface area (Å²) < 4.78 is 0. The Morgan fingerprint density at radius 2 is 1.50 bits per heavy atom. The lowest BCUT2D eigenvalue weighted by atomic mass is 9.94. The zero-order valence-corrected chi connectivity index (χ0v) is 18.8. The fourth-order valence-electron chi connectivity index (χ4n) is 4.51. The molecule has 32 heavy (non-hydrogen) atoms. The van der Waals surface area contributed by atoms with Gasteiger partial charge in [-0.1, -0.05) is 47.5 Å². The number of nitrogens with one attached hydrogen (secondary N) is 1. The topological polar surface area (TPSA) is 69.7 Å². The summed E-state index contributed by atoms with van der Waals surface area (Å²) in [6.07, 6.45) is 1.57. The zero-order valence-electron chi connectivity index (χ0n) is 18.8. The summed E-state index contributed by atoms with van der Waals surface area (Å²) in [4.78, 5) is 41.7. The quantitative estimate of drug-likeness (QED) is 0.787. The van der Waals surface area contributed by atoms with Gasteiger partial charge in [0.15, 0.2) is 0 Å². The van der Waals surface area contributed by atoms with E-state index in [2.05, 4.69) is 5.32 Å². The van der Waals surface area contributed by atoms with E-state index in [-0.39, 0.29) is 36.0 Å². The first-order valence-electron chi connectivity index (χ1n) is 11.4. The summed E-state index contributed by atoms with van der Waals surface area (Å²) in [6, 6.07) is 16.0. The molecule has 0 saturated carbocycles. The lowest BCUT2D eigenvalue weighted by Crippen LogP contribution is -2.45. The minimum atomic E-state index is -0.310. The number of benzene rings is 2. The normalized spacial score (nSPS) is 19.3. The van der Waals surface area contributed by atoms with E-state index in [0.717, 1.165) is 16.8 Å². The number of hydrogen-bond acceptors (Lipinski definition) is 3. The highest BCUT2D eigenvalue weighted by Gasteiger charge is 2.38. The van der Waals surface area contributed by atoms with Crippen LogP contribution in [0.2, 0.25) is 0 Å². The predicted molar refractivity (Wildman–Crippen MR) is 124 cm³/mol. The van der Waals surface area contributed by atoms with Crippen molar-refractivity contribution in [3.8, 4) is 0 Å². The molecule has 0 bridgehead atoms. The molecule has 0 aliphatic carbocycles. The van der Waals surface area contributed by atoms with Crippen LogP contribution in [0.4, 0.5) is 5.69 Å². The number of rotatable bonds is 5. The molecule has 2 fully saturated rings. The molecular formula is C26H31N3O3. The second-order valence-corrected chi connectivity index (χ2v) is 9.04. The van der Waals surface area contributed by atoms with Gasteiger partial charge in [0.25, 0.3) is 0 Å². The van der Waals surface area contributed by atoms with Crippen molar-refractivity contribution in [2.45, 2.75) is 39.7 Å². The predicted octanol–water partition coefficient (Wildman–Crippen LogP) is 3.21. The van der Waals surface area contributed by atoms with Gasteiger partial charge in [0.1, 0.15) is 0 Å². The van der Waals surface area contributed by atoms with Gasteiger partial charge >= 0.3 is 0 Å². The Kier molecular flexibility index (Phi) is 6.58. The molecule has 2 aliphatic rings. The summed E-state index contributed by atoms with van der Waals surface area (Å²) >= 11 is 0. The maximum absolute atomic E-state index is 13.0. The first kappa shape index (κ1) is 22.1. The fourth-order valence-corrected chi connectivity index (χ4v) is 4.51. The van der Waals surface area contributed by atoms with E-state index in [1.54, 1.807) is 4.90 Å². The number of aryl methyl sites for hydroxylation is 2. The van der Waals surface area contributed by atoms with Gasteiger partial charge in [0.05, 0.1) is 5.92 Å². The van der Waals surface area contributed by atoms with E-state index in [9.17, 15) is 14.4 Å². The Hall–Kier alpha value is -3.15. The van der Waals surface area contributed by atoms with Crippen molar-refractivity contribution in [2.24, 2.45) is 11.8 Å². The summed E-state index contributed by atoms with van der Waals surface area (Å²) in [5.41, 5.74) is 4.27.